The molecule has 13 heavy (non-hydrogen) atoms. The van der Waals surface area contributed by atoms with Crippen LogP contribution in [0.1, 0.15) is 0 Å². The second-order valence-electron chi connectivity index (χ2n) is 2.66. The zero-order valence-corrected chi connectivity index (χ0v) is 6.73. The van der Waals surface area contributed by atoms with Crippen LogP contribution in [-0.4, -0.2) is 15.3 Å². The molecular weight excluding hydrogens is 168 g/mol. The summed E-state index contributed by atoms with van der Waals surface area (Å²) in [5, 5.41) is 18.8. The van der Waals surface area contributed by atoms with Crippen LogP contribution >= 0.6 is 0 Å². The summed E-state index contributed by atoms with van der Waals surface area (Å²) < 4.78 is 0. The number of nitrogens with zero attached hydrogens (tertiary/aromatic N) is 1. The van der Waals surface area contributed by atoms with E-state index in [-0.39, 0.29) is 5.75 Å². The third kappa shape index (κ3) is 1.27. The summed E-state index contributed by atoms with van der Waals surface area (Å²) in [7, 11) is 0. The molecule has 0 amide bonds. The fourth-order valence-corrected chi connectivity index (χ4v) is 1.19. The molecule has 0 saturated carbocycles. The Bertz CT molecular complexity index is 443. The van der Waals surface area contributed by atoms with Crippen LogP contribution in [0, 0.1) is 0 Å². The Morgan fingerprint density at radius 3 is 2.77 bits per heavy atom. The Hall–Kier alpha value is -1.81. The lowest BCUT2D eigenvalue weighted by molar-refractivity contribution is 0.386. The van der Waals surface area contributed by atoms with E-state index in [2.05, 4.69) is 4.98 Å². The molecule has 0 fully saturated rings. The first-order chi connectivity index (χ1) is 6.31. The molecule has 0 radical (unpaired) electrons. The molecule has 1 aromatic carbocycles. The number of anilines is 1. The number of phenolic OH excluding ortho intramolecular Hbond substituents is 1. The molecule has 0 aliphatic carbocycles. The van der Waals surface area contributed by atoms with Gasteiger partial charge < -0.3 is 5.11 Å². The lowest BCUT2D eigenvalue weighted by atomic mass is 10.2. The number of rotatable bonds is 1. The van der Waals surface area contributed by atoms with Crippen LogP contribution in [0.5, 0.6) is 5.75 Å². The van der Waals surface area contributed by atoms with Gasteiger partial charge in [0.25, 0.3) is 0 Å². The number of aromatic nitrogens is 1. The Morgan fingerprint density at radius 1 is 1.15 bits per heavy atom. The van der Waals surface area contributed by atoms with E-state index in [1.54, 1.807) is 24.3 Å². The highest BCUT2D eigenvalue weighted by Gasteiger charge is 2.00. The van der Waals surface area contributed by atoms with Gasteiger partial charge in [0, 0.05) is 5.39 Å². The van der Waals surface area contributed by atoms with Gasteiger partial charge in [0.15, 0.2) is 0 Å². The molecule has 2 aromatic rings. The first-order valence-corrected chi connectivity index (χ1v) is 3.80. The zero-order valence-electron chi connectivity index (χ0n) is 6.73. The van der Waals surface area contributed by atoms with Crippen molar-refractivity contribution < 1.29 is 10.3 Å². The smallest absolute Gasteiger partial charge is 0.150 e. The third-order valence-corrected chi connectivity index (χ3v) is 1.81. The average molecular weight is 176 g/mol. The summed E-state index contributed by atoms with van der Waals surface area (Å²) in [6.45, 7) is 0. The minimum absolute atomic E-state index is 0.106. The second kappa shape index (κ2) is 2.91. The highest BCUT2D eigenvalue weighted by molar-refractivity contribution is 5.85. The summed E-state index contributed by atoms with van der Waals surface area (Å²) >= 11 is 0. The molecule has 1 heterocycles. The SMILES string of the molecule is ONc1ccc2cccc(O)c2n1. The molecule has 0 aliphatic rings. The molecule has 3 N–H and O–H groups in total. The van der Waals surface area contributed by atoms with Gasteiger partial charge in [-0.3, -0.25) is 10.7 Å². The van der Waals surface area contributed by atoms with Gasteiger partial charge in [0.1, 0.15) is 17.1 Å². The molecule has 66 valence electrons. The predicted octanol–water partition coefficient (Wildman–Crippen LogP) is 1.74. The average Bonchev–Trinajstić information content (AvgIpc) is 2.18. The van der Waals surface area contributed by atoms with Crippen LogP contribution in [0.4, 0.5) is 5.82 Å². The molecule has 2 rings (SSSR count). The van der Waals surface area contributed by atoms with Crippen LogP contribution in [0.2, 0.25) is 0 Å². The summed E-state index contributed by atoms with van der Waals surface area (Å²) in [5.74, 6) is 0.420. The number of hydrogen-bond donors (Lipinski definition) is 3. The van der Waals surface area contributed by atoms with E-state index in [0.717, 1.165) is 5.39 Å². The maximum Gasteiger partial charge on any atom is 0.150 e. The first kappa shape index (κ1) is 7.82. The van der Waals surface area contributed by atoms with Crippen molar-refractivity contribution in [1.29, 1.82) is 0 Å². The third-order valence-electron chi connectivity index (χ3n) is 1.81. The monoisotopic (exact) mass is 176 g/mol. The van der Waals surface area contributed by atoms with E-state index < -0.39 is 0 Å². The van der Waals surface area contributed by atoms with Crippen molar-refractivity contribution in [1.82, 2.24) is 4.98 Å². The Morgan fingerprint density at radius 2 is 2.00 bits per heavy atom. The van der Waals surface area contributed by atoms with Crippen molar-refractivity contribution in [3.8, 4) is 5.75 Å². The number of aromatic hydroxyl groups is 1. The number of phenols is 1. The van der Waals surface area contributed by atoms with Crippen molar-refractivity contribution in [3.63, 3.8) is 0 Å². The number of para-hydroxylation sites is 1. The lowest BCUT2D eigenvalue weighted by Crippen LogP contribution is -1.92. The number of hydrogen-bond acceptors (Lipinski definition) is 4. The van der Waals surface area contributed by atoms with Crippen molar-refractivity contribution in [2.75, 3.05) is 5.48 Å². The predicted molar refractivity (Wildman–Crippen MR) is 48.8 cm³/mol. The van der Waals surface area contributed by atoms with Gasteiger partial charge >= 0.3 is 0 Å². The zero-order chi connectivity index (χ0) is 9.26. The summed E-state index contributed by atoms with van der Waals surface area (Å²) in [4.78, 5) is 3.98. The maximum absolute atomic E-state index is 9.42. The van der Waals surface area contributed by atoms with E-state index in [1.807, 2.05) is 11.5 Å². The molecule has 1 aromatic heterocycles. The van der Waals surface area contributed by atoms with Crippen LogP contribution < -0.4 is 5.48 Å². The van der Waals surface area contributed by atoms with Gasteiger partial charge in [-0.05, 0) is 18.2 Å². The largest absolute Gasteiger partial charge is 0.506 e. The van der Waals surface area contributed by atoms with Gasteiger partial charge in [-0.1, -0.05) is 12.1 Å². The molecule has 0 bridgehead atoms. The van der Waals surface area contributed by atoms with Crippen LogP contribution in [0.25, 0.3) is 10.9 Å². The van der Waals surface area contributed by atoms with E-state index >= 15 is 0 Å². The van der Waals surface area contributed by atoms with Crippen LogP contribution in [0.3, 0.4) is 0 Å². The molecule has 4 heteroatoms. The van der Waals surface area contributed by atoms with Gasteiger partial charge in [0.05, 0.1) is 0 Å². The number of nitrogens with one attached hydrogen (secondary N) is 1. The minimum Gasteiger partial charge on any atom is -0.506 e. The molecule has 4 nitrogen and oxygen atoms in total. The molecule has 0 spiro atoms. The van der Waals surface area contributed by atoms with Crippen molar-refractivity contribution >= 4 is 16.7 Å². The van der Waals surface area contributed by atoms with Crippen molar-refractivity contribution in [2.24, 2.45) is 0 Å². The fourth-order valence-electron chi connectivity index (χ4n) is 1.19. The highest BCUT2D eigenvalue weighted by Crippen LogP contribution is 2.23. The first-order valence-electron chi connectivity index (χ1n) is 3.80. The molecule has 0 aliphatic heterocycles. The quantitative estimate of drug-likeness (QED) is 0.579. The van der Waals surface area contributed by atoms with E-state index in [4.69, 9.17) is 5.21 Å². The van der Waals surface area contributed by atoms with Gasteiger partial charge in [-0.15, -0.1) is 0 Å². The van der Waals surface area contributed by atoms with Crippen molar-refractivity contribution in [2.45, 2.75) is 0 Å². The van der Waals surface area contributed by atoms with Gasteiger partial charge in [0.2, 0.25) is 0 Å². The molecule has 0 unspecified atom stereocenters. The van der Waals surface area contributed by atoms with Gasteiger partial charge in [-0.2, -0.15) is 0 Å². The summed E-state index contributed by atoms with van der Waals surface area (Å²) in [6, 6.07) is 8.52. The van der Waals surface area contributed by atoms with Crippen LogP contribution in [-0.2, 0) is 0 Å². The normalized spacial score (nSPS) is 10.2. The Kier molecular flexibility index (Phi) is 1.75. The van der Waals surface area contributed by atoms with Crippen molar-refractivity contribution in [3.05, 3.63) is 30.3 Å². The fraction of sp³-hybridized carbons (Fsp3) is 0. The van der Waals surface area contributed by atoms with E-state index in [1.165, 1.54) is 0 Å². The summed E-state index contributed by atoms with van der Waals surface area (Å²) in [5.41, 5.74) is 2.40. The second-order valence-corrected chi connectivity index (χ2v) is 2.66. The number of fused-ring (bicyclic) bond motifs is 1. The van der Waals surface area contributed by atoms with E-state index in [0.29, 0.717) is 11.3 Å². The summed E-state index contributed by atoms with van der Waals surface area (Å²) in [6.07, 6.45) is 0. The maximum atomic E-state index is 9.42. The molecular formula is C9H8N2O2. The Labute approximate surface area is 74.4 Å². The van der Waals surface area contributed by atoms with Crippen LogP contribution in [0.15, 0.2) is 30.3 Å². The number of benzene rings is 1. The number of pyridine rings is 1. The van der Waals surface area contributed by atoms with E-state index in [9.17, 15) is 5.11 Å². The molecule has 0 saturated heterocycles. The standard InChI is InChI=1S/C9H8N2O2/c12-7-3-1-2-6-4-5-8(11-13)10-9(6)7/h1-5,12-13H,(H,10,11). The topological polar surface area (TPSA) is 65.4 Å². The highest BCUT2D eigenvalue weighted by atomic mass is 16.5. The lowest BCUT2D eigenvalue weighted by Gasteiger charge is -2.01. The minimum atomic E-state index is 0.106. The molecule has 0 atom stereocenters. The Balaban J connectivity index is 2.74. The van der Waals surface area contributed by atoms with Gasteiger partial charge in [-0.25, -0.2) is 4.98 Å².